The van der Waals surface area contributed by atoms with Gasteiger partial charge in [0.15, 0.2) is 5.16 Å². The molecule has 0 aliphatic rings. The number of nitrogens with two attached hydrogens (primary N) is 1. The largest absolute Gasteiger partial charge is 0.481 e. The van der Waals surface area contributed by atoms with Gasteiger partial charge < -0.3 is 15.8 Å². The second-order valence-corrected chi connectivity index (χ2v) is 4.86. The molecule has 4 N–H and O–H groups in total. The third-order valence-electron chi connectivity index (χ3n) is 2.30. The number of benzene rings is 1. The van der Waals surface area contributed by atoms with Crippen LogP contribution >= 0.6 is 11.8 Å². The predicted molar refractivity (Wildman–Crippen MR) is 67.2 cm³/mol. The summed E-state index contributed by atoms with van der Waals surface area (Å²) in [5.74, 6) is -1.73. The predicted octanol–water partition coefficient (Wildman–Crippen LogP) is 0.984. The van der Waals surface area contributed by atoms with E-state index in [-0.39, 0.29) is 6.42 Å². The lowest BCUT2D eigenvalue weighted by molar-refractivity contribution is -0.138. The minimum atomic E-state index is -1.07. The van der Waals surface area contributed by atoms with Crippen LogP contribution in [0, 0.1) is 0 Å². The van der Waals surface area contributed by atoms with Crippen molar-refractivity contribution in [1.82, 2.24) is 9.97 Å². The molecule has 0 aliphatic heterocycles. The first-order valence-electron chi connectivity index (χ1n) is 5.19. The van der Waals surface area contributed by atoms with Gasteiger partial charge in [-0.3, -0.25) is 9.59 Å². The lowest BCUT2D eigenvalue weighted by Crippen LogP contribution is -2.28. The van der Waals surface area contributed by atoms with Crippen LogP contribution in [0.25, 0.3) is 11.0 Å². The molecule has 0 radical (unpaired) electrons. The van der Waals surface area contributed by atoms with Crippen LogP contribution in [-0.2, 0) is 9.59 Å². The number of nitrogens with one attached hydrogen (secondary N) is 1. The van der Waals surface area contributed by atoms with E-state index in [2.05, 4.69) is 9.97 Å². The zero-order valence-electron chi connectivity index (χ0n) is 9.29. The van der Waals surface area contributed by atoms with Gasteiger partial charge in [0.1, 0.15) is 5.25 Å². The number of primary amides is 1. The Morgan fingerprint density at radius 1 is 1.44 bits per heavy atom. The minimum absolute atomic E-state index is 0.322. The molecule has 1 amide bonds. The van der Waals surface area contributed by atoms with Gasteiger partial charge in [0.25, 0.3) is 0 Å². The van der Waals surface area contributed by atoms with Crippen LogP contribution in [0.4, 0.5) is 0 Å². The molecule has 0 fully saturated rings. The number of aliphatic carboxylic acids is 1. The highest BCUT2D eigenvalue weighted by atomic mass is 32.2. The number of imidazole rings is 1. The molecule has 1 aromatic heterocycles. The number of nitrogens with zero attached hydrogens (tertiary/aromatic N) is 1. The third-order valence-corrected chi connectivity index (χ3v) is 3.40. The molecule has 1 unspecified atom stereocenters. The van der Waals surface area contributed by atoms with Crippen molar-refractivity contribution >= 4 is 34.7 Å². The van der Waals surface area contributed by atoms with Crippen molar-refractivity contribution in [2.45, 2.75) is 16.8 Å². The van der Waals surface area contributed by atoms with E-state index in [1.54, 1.807) is 0 Å². The van der Waals surface area contributed by atoms with Crippen molar-refractivity contribution in [1.29, 1.82) is 0 Å². The Morgan fingerprint density at radius 2 is 2.17 bits per heavy atom. The summed E-state index contributed by atoms with van der Waals surface area (Å²) in [6, 6.07) is 7.38. The Balaban J connectivity index is 2.20. The van der Waals surface area contributed by atoms with E-state index in [0.717, 1.165) is 22.8 Å². The van der Waals surface area contributed by atoms with Crippen molar-refractivity contribution in [3.63, 3.8) is 0 Å². The van der Waals surface area contributed by atoms with Gasteiger partial charge in [-0.15, -0.1) is 0 Å². The zero-order chi connectivity index (χ0) is 13.1. The number of carboxylic acid groups (broad SMARTS) is 1. The minimum Gasteiger partial charge on any atom is -0.481 e. The number of hydrogen-bond donors (Lipinski definition) is 3. The summed E-state index contributed by atoms with van der Waals surface area (Å²) in [6.07, 6.45) is -0.322. The Hall–Kier alpha value is -2.02. The van der Waals surface area contributed by atoms with Crippen molar-refractivity contribution in [2.75, 3.05) is 0 Å². The number of carboxylic acids is 1. The number of rotatable bonds is 5. The van der Waals surface area contributed by atoms with E-state index in [9.17, 15) is 9.59 Å². The smallest absolute Gasteiger partial charge is 0.305 e. The van der Waals surface area contributed by atoms with Gasteiger partial charge in [0, 0.05) is 0 Å². The molecular formula is C11H11N3O3S. The molecule has 1 heterocycles. The summed E-state index contributed by atoms with van der Waals surface area (Å²) >= 11 is 1.03. The van der Waals surface area contributed by atoms with E-state index in [1.807, 2.05) is 24.3 Å². The van der Waals surface area contributed by atoms with E-state index < -0.39 is 17.1 Å². The van der Waals surface area contributed by atoms with Crippen LogP contribution in [0.1, 0.15) is 6.42 Å². The van der Waals surface area contributed by atoms with E-state index in [1.165, 1.54) is 0 Å². The lowest BCUT2D eigenvalue weighted by Gasteiger charge is -2.07. The number of H-pyrrole nitrogens is 1. The van der Waals surface area contributed by atoms with E-state index in [4.69, 9.17) is 10.8 Å². The lowest BCUT2D eigenvalue weighted by atomic mass is 10.3. The number of carbonyl (C=O) groups is 2. The molecule has 0 bridgehead atoms. The molecule has 0 saturated carbocycles. The number of aromatic nitrogens is 2. The summed E-state index contributed by atoms with van der Waals surface area (Å²) in [5.41, 5.74) is 6.76. The molecule has 2 aromatic rings. The number of aromatic amines is 1. The topological polar surface area (TPSA) is 109 Å². The first kappa shape index (κ1) is 12.4. The van der Waals surface area contributed by atoms with Crippen LogP contribution in [0.2, 0.25) is 0 Å². The highest BCUT2D eigenvalue weighted by molar-refractivity contribution is 8.00. The van der Waals surface area contributed by atoms with E-state index >= 15 is 0 Å². The molecular weight excluding hydrogens is 254 g/mol. The van der Waals surface area contributed by atoms with Crippen molar-refractivity contribution < 1.29 is 14.7 Å². The zero-order valence-corrected chi connectivity index (χ0v) is 10.1. The normalized spacial score (nSPS) is 12.4. The maximum absolute atomic E-state index is 11.2. The highest BCUT2D eigenvalue weighted by Crippen LogP contribution is 2.25. The maximum Gasteiger partial charge on any atom is 0.305 e. The molecule has 7 heteroatoms. The quantitative estimate of drug-likeness (QED) is 0.698. The second kappa shape index (κ2) is 5.09. The van der Waals surface area contributed by atoms with Gasteiger partial charge in [0.2, 0.25) is 5.91 Å². The summed E-state index contributed by atoms with van der Waals surface area (Å²) in [5, 5.41) is 8.36. The van der Waals surface area contributed by atoms with Gasteiger partial charge in [-0.1, -0.05) is 23.9 Å². The molecule has 0 spiro atoms. The highest BCUT2D eigenvalue weighted by Gasteiger charge is 2.22. The first-order chi connectivity index (χ1) is 8.56. The molecule has 94 valence electrons. The van der Waals surface area contributed by atoms with Crippen LogP contribution in [0.5, 0.6) is 0 Å². The van der Waals surface area contributed by atoms with Crippen molar-refractivity contribution in [3.05, 3.63) is 24.3 Å². The SMILES string of the molecule is NC(=O)C(CC(=O)O)Sc1nc2ccccc2[nH]1. The third kappa shape index (κ3) is 2.80. The average molecular weight is 265 g/mol. The molecule has 1 atom stereocenters. The Bertz CT molecular complexity index is 563. The number of carbonyl (C=O) groups excluding carboxylic acids is 1. The van der Waals surface area contributed by atoms with Gasteiger partial charge in [-0.25, -0.2) is 4.98 Å². The summed E-state index contributed by atoms with van der Waals surface area (Å²) in [7, 11) is 0. The number of fused-ring (bicyclic) bond motifs is 1. The summed E-state index contributed by atoms with van der Waals surface area (Å²) in [4.78, 5) is 29.0. The first-order valence-corrected chi connectivity index (χ1v) is 6.07. The Morgan fingerprint density at radius 3 is 2.78 bits per heavy atom. The monoisotopic (exact) mass is 265 g/mol. The van der Waals surface area contributed by atoms with Crippen LogP contribution < -0.4 is 5.73 Å². The number of para-hydroxylation sites is 2. The fourth-order valence-electron chi connectivity index (χ4n) is 1.48. The van der Waals surface area contributed by atoms with Crippen LogP contribution in [0.15, 0.2) is 29.4 Å². The van der Waals surface area contributed by atoms with Gasteiger partial charge >= 0.3 is 5.97 Å². The standard InChI is InChI=1S/C11H11N3O3S/c12-10(17)8(5-9(15)16)18-11-13-6-3-1-2-4-7(6)14-11/h1-4,8H,5H2,(H2,12,17)(H,13,14)(H,15,16). The van der Waals surface area contributed by atoms with Crippen LogP contribution in [-0.4, -0.2) is 32.2 Å². The molecule has 0 aliphatic carbocycles. The summed E-state index contributed by atoms with van der Waals surface area (Å²) < 4.78 is 0. The number of amides is 1. The fraction of sp³-hybridized carbons (Fsp3) is 0.182. The maximum atomic E-state index is 11.2. The van der Waals surface area contributed by atoms with Gasteiger partial charge in [-0.2, -0.15) is 0 Å². The molecule has 2 rings (SSSR count). The second-order valence-electron chi connectivity index (χ2n) is 3.67. The molecule has 6 nitrogen and oxygen atoms in total. The fourth-order valence-corrected chi connectivity index (χ4v) is 2.41. The summed E-state index contributed by atoms with van der Waals surface area (Å²) in [6.45, 7) is 0. The average Bonchev–Trinajstić information content (AvgIpc) is 2.69. The van der Waals surface area contributed by atoms with Crippen LogP contribution in [0.3, 0.4) is 0 Å². The van der Waals surface area contributed by atoms with Gasteiger partial charge in [-0.05, 0) is 12.1 Å². The van der Waals surface area contributed by atoms with Crippen molar-refractivity contribution in [3.8, 4) is 0 Å². The van der Waals surface area contributed by atoms with Crippen molar-refractivity contribution in [2.24, 2.45) is 5.73 Å². The molecule has 0 saturated heterocycles. The Kier molecular flexibility index (Phi) is 3.52. The van der Waals surface area contributed by atoms with E-state index in [0.29, 0.717) is 5.16 Å². The number of thioether (sulfide) groups is 1. The van der Waals surface area contributed by atoms with Gasteiger partial charge in [0.05, 0.1) is 17.5 Å². The Labute approximate surface area is 107 Å². The molecule has 18 heavy (non-hydrogen) atoms. The molecule has 1 aromatic carbocycles. The number of hydrogen-bond acceptors (Lipinski definition) is 4.